The van der Waals surface area contributed by atoms with Crippen molar-refractivity contribution in [1.82, 2.24) is 0 Å². The maximum atomic E-state index is 13.1. The lowest BCUT2D eigenvalue weighted by molar-refractivity contribution is -0.161. The summed E-state index contributed by atoms with van der Waals surface area (Å²) in [5, 5.41) is 10.6. The summed E-state index contributed by atoms with van der Waals surface area (Å²) < 4.78 is 68.6. The van der Waals surface area contributed by atoms with Crippen molar-refractivity contribution in [3.05, 3.63) is 0 Å². The lowest BCUT2D eigenvalue weighted by atomic mass is 10.0. The van der Waals surface area contributed by atoms with E-state index in [9.17, 15) is 43.2 Å². The minimum absolute atomic E-state index is 0.105. The molecule has 5 atom stereocenters. The molecule has 3 N–H and O–H groups in total. The summed E-state index contributed by atoms with van der Waals surface area (Å²) in [7, 11) is -9.92. The van der Waals surface area contributed by atoms with Gasteiger partial charge in [0.1, 0.15) is 19.3 Å². The maximum absolute atomic E-state index is 13.1. The third-order valence-corrected chi connectivity index (χ3v) is 20.5. The van der Waals surface area contributed by atoms with Crippen molar-refractivity contribution in [3.63, 3.8) is 0 Å². The van der Waals surface area contributed by atoms with Crippen LogP contribution in [0, 0.1) is 17.8 Å². The van der Waals surface area contributed by atoms with E-state index in [0.29, 0.717) is 31.6 Å². The second-order valence-electron chi connectivity index (χ2n) is 30.2. The Morgan fingerprint density at radius 1 is 0.273 bits per heavy atom. The van der Waals surface area contributed by atoms with Crippen LogP contribution in [0.25, 0.3) is 0 Å². The molecule has 0 amide bonds. The topological polar surface area (TPSA) is 237 Å². The molecule has 0 saturated carbocycles. The van der Waals surface area contributed by atoms with Gasteiger partial charge in [-0.25, -0.2) is 9.13 Å². The van der Waals surface area contributed by atoms with Gasteiger partial charge in [0.05, 0.1) is 26.4 Å². The van der Waals surface area contributed by atoms with E-state index >= 15 is 0 Å². The molecule has 0 heterocycles. The Morgan fingerprint density at radius 3 is 0.687 bits per heavy atom. The summed E-state index contributed by atoms with van der Waals surface area (Å²) in [5.41, 5.74) is 0. The van der Waals surface area contributed by atoms with Crippen molar-refractivity contribution in [2.75, 3.05) is 39.6 Å². The molecule has 0 spiro atoms. The highest BCUT2D eigenvalue weighted by Gasteiger charge is 2.30. The van der Waals surface area contributed by atoms with Gasteiger partial charge in [-0.2, -0.15) is 0 Å². The average molecular weight is 1450 g/mol. The normalized spacial score (nSPS) is 14.0. The van der Waals surface area contributed by atoms with Gasteiger partial charge in [-0.15, -0.1) is 0 Å². The van der Waals surface area contributed by atoms with E-state index in [-0.39, 0.29) is 25.7 Å². The Kier molecular flexibility index (Phi) is 69.0. The molecule has 0 saturated heterocycles. The predicted octanol–water partition coefficient (Wildman–Crippen LogP) is 23.7. The van der Waals surface area contributed by atoms with E-state index in [1.54, 1.807) is 0 Å². The number of phosphoric acid groups is 2. The van der Waals surface area contributed by atoms with Crippen molar-refractivity contribution in [2.45, 2.75) is 433 Å². The van der Waals surface area contributed by atoms with Gasteiger partial charge in [0.2, 0.25) is 0 Å². The van der Waals surface area contributed by atoms with Gasteiger partial charge in [-0.3, -0.25) is 37.3 Å². The van der Waals surface area contributed by atoms with Crippen molar-refractivity contribution in [3.8, 4) is 0 Å². The highest BCUT2D eigenvalue weighted by molar-refractivity contribution is 7.47. The van der Waals surface area contributed by atoms with Crippen LogP contribution in [0.4, 0.5) is 0 Å². The Labute approximate surface area is 607 Å². The van der Waals surface area contributed by atoms with E-state index in [1.165, 1.54) is 218 Å². The quantitative estimate of drug-likeness (QED) is 0.0222. The van der Waals surface area contributed by atoms with Gasteiger partial charge in [0.25, 0.3) is 0 Å². The van der Waals surface area contributed by atoms with Crippen LogP contribution in [0.5, 0.6) is 0 Å². The smallest absolute Gasteiger partial charge is 0.462 e. The Morgan fingerprint density at radius 2 is 0.465 bits per heavy atom. The van der Waals surface area contributed by atoms with E-state index < -0.39 is 97.5 Å². The van der Waals surface area contributed by atoms with E-state index in [1.807, 2.05) is 0 Å². The number of ether oxygens (including phenoxy) is 4. The van der Waals surface area contributed by atoms with Gasteiger partial charge < -0.3 is 33.8 Å². The molecule has 0 aromatic carbocycles. The van der Waals surface area contributed by atoms with Gasteiger partial charge in [0, 0.05) is 25.7 Å². The Bertz CT molecular complexity index is 1920. The zero-order valence-electron chi connectivity index (χ0n) is 65.0. The molecule has 0 aliphatic rings. The zero-order chi connectivity index (χ0) is 73.0. The third kappa shape index (κ3) is 74.1. The van der Waals surface area contributed by atoms with E-state index in [4.69, 9.17) is 37.0 Å². The van der Waals surface area contributed by atoms with Crippen LogP contribution in [0.15, 0.2) is 0 Å². The number of esters is 4. The summed E-state index contributed by atoms with van der Waals surface area (Å²) in [5.74, 6) is 0.126. The molecule has 588 valence electrons. The first kappa shape index (κ1) is 97.1. The van der Waals surface area contributed by atoms with Crippen LogP contribution in [0.2, 0.25) is 0 Å². The van der Waals surface area contributed by atoms with Gasteiger partial charge in [0.15, 0.2) is 12.2 Å². The minimum Gasteiger partial charge on any atom is -0.462 e. The number of hydrogen-bond donors (Lipinski definition) is 3. The molecule has 0 aromatic heterocycles. The molecule has 0 aromatic rings. The molecule has 0 aliphatic carbocycles. The van der Waals surface area contributed by atoms with Gasteiger partial charge in [-0.05, 0) is 43.4 Å². The Balaban J connectivity index is 5.22. The summed E-state index contributed by atoms with van der Waals surface area (Å²) in [6.07, 6.45) is 58.5. The molecule has 0 radical (unpaired) electrons. The number of aliphatic hydroxyl groups excluding tert-OH is 1. The van der Waals surface area contributed by atoms with Crippen molar-refractivity contribution in [1.29, 1.82) is 0 Å². The number of rotatable bonds is 78. The highest BCUT2D eigenvalue weighted by Crippen LogP contribution is 2.45. The van der Waals surface area contributed by atoms with Crippen LogP contribution >= 0.6 is 15.6 Å². The molecule has 17 nitrogen and oxygen atoms in total. The SMILES string of the molecule is CCCCCCCCCCCCCCCCCCCCCCC(=O)O[C@H](COC(=O)CCCCCCCCCCCCCCCCC(C)C)COP(=O)(O)OC[C@@H](O)COP(=O)(O)OC[C@@H](COC(=O)CCCCCCCCCC(C)C)OC(=O)CCCCCCCCCCCC(C)C. The first-order valence-corrected chi connectivity index (χ1v) is 44.3. The summed E-state index contributed by atoms with van der Waals surface area (Å²) in [4.78, 5) is 72.9. The summed E-state index contributed by atoms with van der Waals surface area (Å²) in [6.45, 7) is 11.9. The molecule has 0 bridgehead atoms. The number of carbonyl (C=O) groups is 4. The second kappa shape index (κ2) is 70.4. The third-order valence-electron chi connectivity index (χ3n) is 18.6. The summed E-state index contributed by atoms with van der Waals surface area (Å²) in [6, 6.07) is 0. The first-order chi connectivity index (χ1) is 47.7. The molecule has 2 unspecified atom stereocenters. The van der Waals surface area contributed by atoms with Gasteiger partial charge >= 0.3 is 39.5 Å². The number of unbranched alkanes of at least 4 members (excludes halogenated alkanes) is 46. The zero-order valence-corrected chi connectivity index (χ0v) is 66.8. The average Bonchev–Trinajstić information content (AvgIpc) is 1.20. The fourth-order valence-electron chi connectivity index (χ4n) is 12.3. The monoisotopic (exact) mass is 1450 g/mol. The van der Waals surface area contributed by atoms with Crippen molar-refractivity contribution in [2.24, 2.45) is 17.8 Å². The fourth-order valence-corrected chi connectivity index (χ4v) is 13.9. The predicted molar refractivity (Wildman–Crippen MR) is 405 cm³/mol. The summed E-state index contributed by atoms with van der Waals surface area (Å²) >= 11 is 0. The fraction of sp³-hybridized carbons (Fsp3) is 0.950. The van der Waals surface area contributed by atoms with E-state index in [2.05, 4.69) is 48.5 Å². The lowest BCUT2D eigenvalue weighted by Gasteiger charge is -2.21. The van der Waals surface area contributed by atoms with Crippen molar-refractivity contribution >= 4 is 39.5 Å². The molecule has 0 rings (SSSR count). The number of hydrogen-bond acceptors (Lipinski definition) is 15. The standard InChI is InChI=1S/C80H156O17P2/c1-8-9-10-11-12-13-14-15-16-17-18-19-20-21-26-29-34-41-49-56-63-79(84)96-75(67-90-77(82)61-54-47-40-33-28-25-23-22-24-27-31-37-44-51-58-71(2)3)69-94-98(86,87)92-65-74(81)66-93-99(88,89)95-70-76(68-91-78(83)62-55-48-43-36-39-46-53-60-73(6)7)97-80(85)64-57-50-42-35-30-32-38-45-52-59-72(4)5/h71-76,81H,8-70H2,1-7H3,(H,86,87)(H,88,89)/t74-,75-,76-/m1/s1. The molecule has 0 aliphatic heterocycles. The van der Waals surface area contributed by atoms with Crippen LogP contribution in [0.3, 0.4) is 0 Å². The number of aliphatic hydroxyl groups is 1. The van der Waals surface area contributed by atoms with Crippen LogP contribution in [0.1, 0.15) is 414 Å². The van der Waals surface area contributed by atoms with Crippen LogP contribution in [-0.2, 0) is 65.4 Å². The van der Waals surface area contributed by atoms with Crippen molar-refractivity contribution < 1.29 is 80.2 Å². The molecular formula is C80H156O17P2. The Hall–Kier alpha value is -1.94. The first-order valence-electron chi connectivity index (χ1n) is 41.3. The highest BCUT2D eigenvalue weighted by atomic mass is 31.2. The molecule has 19 heteroatoms. The maximum Gasteiger partial charge on any atom is 0.472 e. The minimum atomic E-state index is -4.96. The number of phosphoric ester groups is 2. The van der Waals surface area contributed by atoms with Crippen LogP contribution in [-0.4, -0.2) is 96.7 Å². The van der Waals surface area contributed by atoms with Gasteiger partial charge in [-0.1, -0.05) is 363 Å². The molecule has 0 fully saturated rings. The number of carbonyl (C=O) groups excluding carboxylic acids is 4. The largest absolute Gasteiger partial charge is 0.472 e. The lowest BCUT2D eigenvalue weighted by Crippen LogP contribution is -2.30. The van der Waals surface area contributed by atoms with E-state index in [0.717, 1.165) is 108 Å². The van der Waals surface area contributed by atoms with Crippen LogP contribution < -0.4 is 0 Å². The molecular weight excluding hydrogens is 1290 g/mol. The molecule has 99 heavy (non-hydrogen) atoms. The second-order valence-corrected chi connectivity index (χ2v) is 33.1.